The SMILES string of the molecule is O[C@@H](c1ccccc1)C1CCN(CCCc2nnnn2-c2ccccc2)CC1. The van der Waals surface area contributed by atoms with E-state index in [1.807, 2.05) is 65.3 Å². The van der Waals surface area contributed by atoms with Crippen LogP contribution < -0.4 is 0 Å². The molecule has 0 spiro atoms. The van der Waals surface area contributed by atoms with Gasteiger partial charge >= 0.3 is 0 Å². The number of nitrogens with zero attached hydrogens (tertiary/aromatic N) is 5. The van der Waals surface area contributed by atoms with Gasteiger partial charge in [0.2, 0.25) is 0 Å². The number of aromatic nitrogens is 4. The zero-order chi connectivity index (χ0) is 19.2. The van der Waals surface area contributed by atoms with Gasteiger partial charge in [-0.3, -0.25) is 0 Å². The molecule has 0 saturated carbocycles. The summed E-state index contributed by atoms with van der Waals surface area (Å²) in [5, 5.41) is 22.8. The van der Waals surface area contributed by atoms with Crippen LogP contribution in [-0.2, 0) is 6.42 Å². The molecule has 2 aromatic carbocycles. The molecule has 6 heteroatoms. The van der Waals surface area contributed by atoms with Crippen LogP contribution in [0.15, 0.2) is 60.7 Å². The third-order valence-electron chi connectivity index (χ3n) is 5.63. The van der Waals surface area contributed by atoms with Crippen LogP contribution in [-0.4, -0.2) is 49.8 Å². The number of aryl methyl sites for hydroxylation is 1. The lowest BCUT2D eigenvalue weighted by Crippen LogP contribution is -2.36. The van der Waals surface area contributed by atoms with E-state index >= 15 is 0 Å². The molecule has 3 aromatic rings. The van der Waals surface area contributed by atoms with Crippen LogP contribution in [0.1, 0.15) is 36.8 Å². The van der Waals surface area contributed by atoms with Crippen molar-refractivity contribution in [2.75, 3.05) is 19.6 Å². The maximum Gasteiger partial charge on any atom is 0.156 e. The van der Waals surface area contributed by atoms with E-state index in [1.54, 1.807) is 0 Å². The zero-order valence-corrected chi connectivity index (χ0v) is 16.1. The number of benzene rings is 2. The smallest absolute Gasteiger partial charge is 0.156 e. The Bertz CT molecular complexity index is 844. The van der Waals surface area contributed by atoms with E-state index in [0.29, 0.717) is 5.92 Å². The Hall–Kier alpha value is -2.57. The number of hydrogen-bond acceptors (Lipinski definition) is 5. The molecule has 0 amide bonds. The molecule has 1 aliphatic rings. The van der Waals surface area contributed by atoms with E-state index in [0.717, 1.165) is 62.4 Å². The fraction of sp³-hybridized carbons (Fsp3) is 0.409. The van der Waals surface area contributed by atoms with Crippen LogP contribution >= 0.6 is 0 Å². The highest BCUT2D eigenvalue weighted by molar-refractivity contribution is 5.30. The average molecular weight is 377 g/mol. The van der Waals surface area contributed by atoms with Crippen LogP contribution in [0, 0.1) is 5.92 Å². The maximum atomic E-state index is 10.6. The van der Waals surface area contributed by atoms with Gasteiger partial charge in [0.25, 0.3) is 0 Å². The summed E-state index contributed by atoms with van der Waals surface area (Å²) >= 11 is 0. The second-order valence-electron chi connectivity index (χ2n) is 7.48. The highest BCUT2D eigenvalue weighted by atomic mass is 16.3. The summed E-state index contributed by atoms with van der Waals surface area (Å²) in [7, 11) is 0. The van der Waals surface area contributed by atoms with Gasteiger partial charge in [-0.2, -0.15) is 4.68 Å². The second-order valence-corrected chi connectivity index (χ2v) is 7.48. The largest absolute Gasteiger partial charge is 0.388 e. The number of para-hydroxylation sites is 1. The lowest BCUT2D eigenvalue weighted by molar-refractivity contribution is 0.0586. The molecule has 1 aromatic heterocycles. The molecule has 28 heavy (non-hydrogen) atoms. The van der Waals surface area contributed by atoms with Crippen molar-refractivity contribution in [2.24, 2.45) is 5.92 Å². The second kappa shape index (κ2) is 9.08. The summed E-state index contributed by atoms with van der Waals surface area (Å²) in [4.78, 5) is 2.49. The number of likely N-dealkylation sites (tertiary alicyclic amines) is 1. The Morgan fingerprint density at radius 2 is 1.64 bits per heavy atom. The van der Waals surface area contributed by atoms with E-state index in [2.05, 4.69) is 20.4 Å². The van der Waals surface area contributed by atoms with Crippen LogP contribution in [0.2, 0.25) is 0 Å². The third-order valence-corrected chi connectivity index (χ3v) is 5.63. The first-order chi connectivity index (χ1) is 13.8. The van der Waals surface area contributed by atoms with E-state index in [-0.39, 0.29) is 6.10 Å². The first kappa shape index (κ1) is 18.8. The van der Waals surface area contributed by atoms with Crippen LogP contribution in [0.3, 0.4) is 0 Å². The minimum absolute atomic E-state index is 0.348. The predicted molar refractivity (Wildman–Crippen MR) is 108 cm³/mol. The van der Waals surface area contributed by atoms with Crippen molar-refractivity contribution < 1.29 is 5.11 Å². The Kier molecular flexibility index (Phi) is 6.09. The lowest BCUT2D eigenvalue weighted by atomic mass is 9.87. The molecule has 1 N–H and O–H groups in total. The van der Waals surface area contributed by atoms with Gasteiger partial charge in [-0.25, -0.2) is 0 Å². The van der Waals surface area contributed by atoms with Gasteiger partial charge in [-0.1, -0.05) is 48.5 Å². The lowest BCUT2D eigenvalue weighted by Gasteiger charge is -2.34. The van der Waals surface area contributed by atoms with Gasteiger partial charge in [-0.05, 0) is 72.9 Å². The highest BCUT2D eigenvalue weighted by Gasteiger charge is 2.26. The monoisotopic (exact) mass is 377 g/mol. The number of aliphatic hydroxyl groups is 1. The summed E-state index contributed by atoms with van der Waals surface area (Å²) in [5.41, 5.74) is 2.03. The summed E-state index contributed by atoms with van der Waals surface area (Å²) in [6, 6.07) is 20.0. The van der Waals surface area contributed by atoms with E-state index < -0.39 is 0 Å². The Morgan fingerprint density at radius 1 is 0.964 bits per heavy atom. The standard InChI is InChI=1S/C22H27N5O/c28-22(18-8-3-1-4-9-18)19-13-16-26(17-14-19)15-7-12-21-23-24-25-27(21)20-10-5-2-6-11-20/h1-6,8-11,19,22,28H,7,12-17H2/t22-/m0/s1. The topological polar surface area (TPSA) is 67.1 Å². The predicted octanol–water partition coefficient (Wildman–Crippen LogP) is 3.04. The fourth-order valence-electron chi connectivity index (χ4n) is 4.01. The van der Waals surface area contributed by atoms with Gasteiger partial charge < -0.3 is 10.0 Å². The van der Waals surface area contributed by atoms with Gasteiger partial charge in [0.15, 0.2) is 5.82 Å². The van der Waals surface area contributed by atoms with Gasteiger partial charge in [0.1, 0.15) is 0 Å². The number of tetrazole rings is 1. The molecular formula is C22H27N5O. The van der Waals surface area contributed by atoms with Crippen molar-refractivity contribution in [3.63, 3.8) is 0 Å². The normalized spacial score (nSPS) is 16.9. The number of hydrogen-bond donors (Lipinski definition) is 1. The molecule has 1 atom stereocenters. The van der Waals surface area contributed by atoms with Crippen molar-refractivity contribution in [1.82, 2.24) is 25.1 Å². The molecule has 146 valence electrons. The number of aliphatic hydroxyl groups excluding tert-OH is 1. The van der Waals surface area contributed by atoms with E-state index in [9.17, 15) is 5.11 Å². The van der Waals surface area contributed by atoms with E-state index in [4.69, 9.17) is 0 Å². The molecule has 0 radical (unpaired) electrons. The third kappa shape index (κ3) is 4.46. The zero-order valence-electron chi connectivity index (χ0n) is 16.1. The van der Waals surface area contributed by atoms with Gasteiger partial charge in [-0.15, -0.1) is 5.10 Å². The molecule has 1 saturated heterocycles. The summed E-state index contributed by atoms with van der Waals surface area (Å²) in [6.07, 6.45) is 3.61. The van der Waals surface area contributed by atoms with E-state index in [1.165, 1.54) is 0 Å². The van der Waals surface area contributed by atoms with Crippen LogP contribution in [0.5, 0.6) is 0 Å². The Labute approximate surface area is 165 Å². The van der Waals surface area contributed by atoms with Crippen molar-refractivity contribution in [1.29, 1.82) is 0 Å². The highest BCUT2D eigenvalue weighted by Crippen LogP contribution is 2.30. The molecule has 0 bridgehead atoms. The van der Waals surface area contributed by atoms with Gasteiger partial charge in [0, 0.05) is 6.42 Å². The molecule has 1 aliphatic heterocycles. The van der Waals surface area contributed by atoms with Crippen molar-refractivity contribution in [3.05, 3.63) is 72.1 Å². The summed E-state index contributed by atoms with van der Waals surface area (Å²) in [5.74, 6) is 1.25. The number of piperidine rings is 1. The average Bonchev–Trinajstić information content (AvgIpc) is 3.23. The minimum atomic E-state index is -0.348. The van der Waals surface area contributed by atoms with Gasteiger partial charge in [0.05, 0.1) is 11.8 Å². The minimum Gasteiger partial charge on any atom is -0.388 e. The number of rotatable bonds is 7. The van der Waals surface area contributed by atoms with Crippen LogP contribution in [0.25, 0.3) is 5.69 Å². The Balaban J connectivity index is 1.24. The molecule has 0 aliphatic carbocycles. The van der Waals surface area contributed by atoms with Crippen molar-refractivity contribution in [2.45, 2.75) is 31.8 Å². The van der Waals surface area contributed by atoms with Crippen molar-refractivity contribution >= 4 is 0 Å². The molecule has 0 unspecified atom stereocenters. The Morgan fingerprint density at radius 3 is 2.36 bits per heavy atom. The molecule has 1 fully saturated rings. The molecular weight excluding hydrogens is 350 g/mol. The summed E-state index contributed by atoms with van der Waals surface area (Å²) < 4.78 is 1.82. The first-order valence-corrected chi connectivity index (χ1v) is 10.1. The molecule has 4 rings (SSSR count). The summed E-state index contributed by atoms with van der Waals surface area (Å²) in [6.45, 7) is 3.12. The quantitative estimate of drug-likeness (QED) is 0.685. The molecule has 2 heterocycles. The fourth-order valence-corrected chi connectivity index (χ4v) is 4.01. The first-order valence-electron chi connectivity index (χ1n) is 10.1. The maximum absolute atomic E-state index is 10.6. The van der Waals surface area contributed by atoms with Crippen LogP contribution in [0.4, 0.5) is 0 Å². The molecule has 6 nitrogen and oxygen atoms in total. The van der Waals surface area contributed by atoms with Crippen molar-refractivity contribution in [3.8, 4) is 5.69 Å².